The summed E-state index contributed by atoms with van der Waals surface area (Å²) in [5, 5.41) is 7.55. The van der Waals surface area contributed by atoms with Crippen LogP contribution >= 0.6 is 0 Å². The molecule has 1 aliphatic carbocycles. The van der Waals surface area contributed by atoms with Crippen molar-refractivity contribution in [1.29, 1.82) is 0 Å². The van der Waals surface area contributed by atoms with Crippen molar-refractivity contribution >= 4 is 17.7 Å². The first kappa shape index (κ1) is 23.9. The van der Waals surface area contributed by atoms with Gasteiger partial charge in [0, 0.05) is 38.3 Å². The second-order valence-corrected chi connectivity index (χ2v) is 9.06. The zero-order chi connectivity index (χ0) is 24.3. The van der Waals surface area contributed by atoms with Gasteiger partial charge in [-0.25, -0.2) is 0 Å². The number of para-hydroxylation sites is 1. The second kappa shape index (κ2) is 9.97. The van der Waals surface area contributed by atoms with E-state index in [1.54, 1.807) is 36.2 Å². The summed E-state index contributed by atoms with van der Waals surface area (Å²) in [5.41, 5.74) is 2.44. The van der Waals surface area contributed by atoms with Crippen molar-refractivity contribution < 1.29 is 23.9 Å². The van der Waals surface area contributed by atoms with Crippen LogP contribution in [0.25, 0.3) is 0 Å². The Morgan fingerprint density at radius 1 is 1.21 bits per heavy atom. The van der Waals surface area contributed by atoms with Crippen LogP contribution in [-0.2, 0) is 43.9 Å². The van der Waals surface area contributed by atoms with Gasteiger partial charge in [-0.15, -0.1) is 0 Å². The third kappa shape index (κ3) is 4.32. The quantitative estimate of drug-likeness (QED) is 0.565. The Morgan fingerprint density at radius 2 is 1.97 bits per heavy atom. The summed E-state index contributed by atoms with van der Waals surface area (Å²) < 4.78 is 10.6. The maximum Gasteiger partial charge on any atom is 0.241 e. The van der Waals surface area contributed by atoms with Gasteiger partial charge >= 0.3 is 0 Å². The number of imide groups is 1. The molecule has 182 valence electrons. The number of hydrogen-bond acceptors (Lipinski definition) is 6. The van der Waals surface area contributed by atoms with E-state index in [4.69, 9.17) is 9.47 Å². The van der Waals surface area contributed by atoms with Gasteiger partial charge in [0.25, 0.3) is 0 Å². The van der Waals surface area contributed by atoms with E-state index in [0.29, 0.717) is 17.9 Å². The smallest absolute Gasteiger partial charge is 0.241 e. The monoisotopic (exact) mass is 468 g/mol. The molecule has 1 N–H and O–H groups in total. The van der Waals surface area contributed by atoms with E-state index in [0.717, 1.165) is 37.1 Å². The molecule has 1 saturated heterocycles. The lowest BCUT2D eigenvalue weighted by Crippen LogP contribution is -2.43. The molecule has 0 unspecified atom stereocenters. The van der Waals surface area contributed by atoms with E-state index in [2.05, 4.69) is 10.2 Å². The van der Waals surface area contributed by atoms with Crippen LogP contribution in [0.4, 0.5) is 0 Å². The van der Waals surface area contributed by atoms with Crippen molar-refractivity contribution in [2.24, 2.45) is 0 Å². The van der Waals surface area contributed by atoms with E-state index in [-0.39, 0.29) is 37.8 Å². The standard InChI is InChI=1S/C25H32N4O5/c1-28(16-20-17-8-4-6-10-19(17)26-27-20)22(30)14-25(18-9-5-7-11-21(18)34-3)15-23(31)29(24(25)32)12-13-33-2/h5,7,9,11H,4,6,8,10,12-16H2,1-3H3,(H,26,27)/t25-/m1/s1. The molecule has 0 bridgehead atoms. The minimum absolute atomic E-state index is 0.0900. The normalized spacial score (nSPS) is 19.9. The van der Waals surface area contributed by atoms with E-state index < -0.39 is 11.3 Å². The Kier molecular flexibility index (Phi) is 7.02. The highest BCUT2D eigenvalue weighted by molar-refractivity contribution is 6.11. The number of fused-ring (bicyclic) bond motifs is 1. The molecule has 1 aromatic carbocycles. The van der Waals surface area contributed by atoms with Gasteiger partial charge in [-0.05, 0) is 37.3 Å². The number of ether oxygens (including phenoxy) is 2. The van der Waals surface area contributed by atoms with E-state index >= 15 is 0 Å². The molecule has 9 nitrogen and oxygen atoms in total. The van der Waals surface area contributed by atoms with Crippen LogP contribution in [0.15, 0.2) is 24.3 Å². The maximum atomic E-state index is 13.7. The molecule has 2 aliphatic rings. The molecule has 4 rings (SSSR count). The third-order valence-corrected chi connectivity index (χ3v) is 6.96. The number of likely N-dealkylation sites (tertiary alicyclic amines) is 1. The average Bonchev–Trinajstić information content (AvgIpc) is 3.36. The van der Waals surface area contributed by atoms with Crippen molar-refractivity contribution in [1.82, 2.24) is 20.0 Å². The highest BCUT2D eigenvalue weighted by atomic mass is 16.5. The number of rotatable bonds is 9. The van der Waals surface area contributed by atoms with Crippen molar-refractivity contribution in [2.45, 2.75) is 50.5 Å². The van der Waals surface area contributed by atoms with E-state index in [1.165, 1.54) is 24.7 Å². The van der Waals surface area contributed by atoms with Crippen LogP contribution in [-0.4, -0.2) is 72.1 Å². The summed E-state index contributed by atoms with van der Waals surface area (Å²) in [6.07, 6.45) is 3.96. The number of carbonyl (C=O) groups is 3. The van der Waals surface area contributed by atoms with Gasteiger partial charge in [0.05, 0.1) is 37.9 Å². The predicted molar refractivity (Wildman–Crippen MR) is 124 cm³/mol. The summed E-state index contributed by atoms with van der Waals surface area (Å²) in [5.74, 6) is -0.454. The number of amides is 3. The summed E-state index contributed by atoms with van der Waals surface area (Å²) in [6, 6.07) is 7.10. The Morgan fingerprint density at radius 3 is 2.74 bits per heavy atom. The second-order valence-electron chi connectivity index (χ2n) is 9.06. The van der Waals surface area contributed by atoms with Gasteiger partial charge in [0.15, 0.2) is 0 Å². The third-order valence-electron chi connectivity index (χ3n) is 6.96. The fourth-order valence-corrected chi connectivity index (χ4v) is 5.08. The van der Waals surface area contributed by atoms with Crippen LogP contribution in [0, 0.1) is 0 Å². The van der Waals surface area contributed by atoms with Crippen molar-refractivity contribution in [2.75, 3.05) is 34.4 Å². The lowest BCUT2D eigenvalue weighted by atomic mass is 9.75. The van der Waals surface area contributed by atoms with Gasteiger partial charge < -0.3 is 14.4 Å². The molecule has 0 saturated carbocycles. The number of hydrogen-bond donors (Lipinski definition) is 1. The minimum atomic E-state index is -1.33. The first-order valence-electron chi connectivity index (χ1n) is 11.7. The molecule has 9 heteroatoms. The zero-order valence-corrected chi connectivity index (χ0v) is 20.1. The molecule has 0 spiro atoms. The van der Waals surface area contributed by atoms with Crippen LogP contribution in [0.5, 0.6) is 5.75 Å². The molecule has 3 amide bonds. The number of carbonyl (C=O) groups excluding carboxylic acids is 3. The Balaban J connectivity index is 1.62. The number of nitrogens with zero attached hydrogens (tertiary/aromatic N) is 3. The number of nitrogens with one attached hydrogen (secondary N) is 1. The van der Waals surface area contributed by atoms with Gasteiger partial charge in [0.1, 0.15) is 5.75 Å². The zero-order valence-electron chi connectivity index (χ0n) is 20.1. The van der Waals surface area contributed by atoms with Gasteiger partial charge in [-0.3, -0.25) is 24.4 Å². The molecule has 1 aliphatic heterocycles. The fraction of sp³-hybridized carbons (Fsp3) is 0.520. The average molecular weight is 469 g/mol. The molecule has 1 aromatic heterocycles. The van der Waals surface area contributed by atoms with Crippen LogP contribution in [0.2, 0.25) is 0 Å². The summed E-state index contributed by atoms with van der Waals surface area (Å²) >= 11 is 0. The number of aryl methyl sites for hydroxylation is 1. The highest BCUT2D eigenvalue weighted by Gasteiger charge is 2.55. The number of benzene rings is 1. The van der Waals surface area contributed by atoms with Gasteiger partial charge in [-0.1, -0.05) is 18.2 Å². The summed E-state index contributed by atoms with van der Waals surface area (Å²) in [4.78, 5) is 42.9. The number of methoxy groups -OCH3 is 2. The van der Waals surface area contributed by atoms with Crippen molar-refractivity contribution in [3.8, 4) is 5.75 Å². The first-order valence-corrected chi connectivity index (χ1v) is 11.7. The SMILES string of the molecule is COCCN1C(=O)C[C@](CC(=O)N(C)Cc2n[nH]c3c2CCCC3)(c2ccccc2OC)C1=O. The number of H-pyrrole nitrogens is 1. The molecule has 1 atom stereocenters. The Labute approximate surface area is 199 Å². The first-order chi connectivity index (χ1) is 16.4. The molecular weight excluding hydrogens is 436 g/mol. The molecule has 1 fully saturated rings. The molecule has 2 heterocycles. The van der Waals surface area contributed by atoms with Crippen molar-refractivity contribution in [3.63, 3.8) is 0 Å². The fourth-order valence-electron chi connectivity index (χ4n) is 5.08. The highest BCUT2D eigenvalue weighted by Crippen LogP contribution is 2.44. The van der Waals surface area contributed by atoms with Gasteiger partial charge in [-0.2, -0.15) is 5.10 Å². The van der Waals surface area contributed by atoms with Gasteiger partial charge in [0.2, 0.25) is 17.7 Å². The number of aromatic amines is 1. The lowest BCUT2D eigenvalue weighted by molar-refractivity contribution is -0.143. The lowest BCUT2D eigenvalue weighted by Gasteiger charge is -2.30. The van der Waals surface area contributed by atoms with Crippen LogP contribution in [0.3, 0.4) is 0 Å². The summed E-state index contributed by atoms with van der Waals surface area (Å²) in [7, 11) is 4.75. The van der Waals surface area contributed by atoms with Crippen molar-refractivity contribution in [3.05, 3.63) is 46.8 Å². The minimum Gasteiger partial charge on any atom is -0.496 e. The molecule has 34 heavy (non-hydrogen) atoms. The Bertz CT molecular complexity index is 1080. The molecule has 0 radical (unpaired) electrons. The summed E-state index contributed by atoms with van der Waals surface area (Å²) in [6.45, 7) is 0.730. The van der Waals surface area contributed by atoms with E-state index in [9.17, 15) is 14.4 Å². The van der Waals surface area contributed by atoms with E-state index in [1.807, 2.05) is 0 Å². The topological polar surface area (TPSA) is 105 Å². The molecule has 2 aromatic rings. The number of aromatic nitrogens is 2. The predicted octanol–water partition coefficient (Wildman–Crippen LogP) is 1.99. The van der Waals surface area contributed by atoms with Crippen LogP contribution in [0.1, 0.15) is 48.2 Å². The Hall–Kier alpha value is -3.20. The van der Waals surface area contributed by atoms with Crippen LogP contribution < -0.4 is 4.74 Å². The largest absolute Gasteiger partial charge is 0.496 e. The maximum absolute atomic E-state index is 13.7. The molecular formula is C25H32N4O5.